The Morgan fingerprint density at radius 1 is 0.889 bits per heavy atom. The third-order valence-electron chi connectivity index (χ3n) is 7.31. The molecular formula is C24H31NO2. The van der Waals surface area contributed by atoms with Gasteiger partial charge in [0.25, 0.3) is 0 Å². The van der Waals surface area contributed by atoms with Crippen molar-refractivity contribution in [2.24, 2.45) is 17.3 Å². The molecule has 3 fully saturated rings. The molecular weight excluding hydrogens is 334 g/mol. The molecule has 2 bridgehead atoms. The first-order chi connectivity index (χ1) is 12.9. The van der Waals surface area contributed by atoms with Gasteiger partial charge in [-0.25, -0.2) is 0 Å². The van der Waals surface area contributed by atoms with E-state index in [-0.39, 0.29) is 24.0 Å². The molecule has 0 heterocycles. The van der Waals surface area contributed by atoms with Gasteiger partial charge >= 0.3 is 0 Å². The van der Waals surface area contributed by atoms with Gasteiger partial charge in [-0.1, -0.05) is 74.5 Å². The predicted molar refractivity (Wildman–Crippen MR) is 108 cm³/mol. The van der Waals surface area contributed by atoms with Crippen molar-refractivity contribution >= 4 is 0 Å². The van der Waals surface area contributed by atoms with Crippen molar-refractivity contribution in [2.75, 3.05) is 6.61 Å². The van der Waals surface area contributed by atoms with Gasteiger partial charge in [-0.3, -0.25) is 4.90 Å². The van der Waals surface area contributed by atoms with Crippen LogP contribution in [0.15, 0.2) is 60.7 Å². The van der Waals surface area contributed by atoms with E-state index in [0.717, 1.165) is 25.9 Å². The molecule has 144 valence electrons. The lowest BCUT2D eigenvalue weighted by atomic mass is 9.42. The molecule has 0 amide bonds. The molecule has 0 unspecified atom stereocenters. The van der Waals surface area contributed by atoms with Gasteiger partial charge in [0.15, 0.2) is 0 Å². The van der Waals surface area contributed by atoms with Crippen molar-refractivity contribution in [3.05, 3.63) is 71.8 Å². The third kappa shape index (κ3) is 3.22. The number of hydrogen-bond acceptors (Lipinski definition) is 3. The zero-order chi connectivity index (χ0) is 19.1. The fourth-order valence-corrected chi connectivity index (χ4v) is 5.56. The van der Waals surface area contributed by atoms with E-state index < -0.39 is 5.60 Å². The Kier molecular flexibility index (Phi) is 4.87. The van der Waals surface area contributed by atoms with Gasteiger partial charge in [0.2, 0.25) is 0 Å². The van der Waals surface area contributed by atoms with Crippen molar-refractivity contribution in [3.8, 4) is 0 Å². The smallest absolute Gasteiger partial charge is 0.106 e. The summed E-state index contributed by atoms with van der Waals surface area (Å²) in [5.41, 5.74) is 1.56. The lowest BCUT2D eigenvalue weighted by molar-refractivity contribution is -0.252. The summed E-state index contributed by atoms with van der Waals surface area (Å²) in [6.07, 6.45) is 1.98. The van der Waals surface area contributed by atoms with Crippen LogP contribution in [0.1, 0.15) is 37.8 Å². The lowest BCUT2D eigenvalue weighted by Crippen LogP contribution is -2.72. The molecule has 0 saturated heterocycles. The molecule has 3 nitrogen and oxygen atoms in total. The van der Waals surface area contributed by atoms with Crippen LogP contribution in [0.25, 0.3) is 0 Å². The van der Waals surface area contributed by atoms with Crippen molar-refractivity contribution in [1.29, 1.82) is 0 Å². The van der Waals surface area contributed by atoms with Gasteiger partial charge in [-0.15, -0.1) is 0 Å². The normalized spacial score (nSPS) is 31.5. The average Bonchev–Trinajstić information content (AvgIpc) is 2.68. The number of nitrogens with zero attached hydrogens (tertiary/aromatic N) is 1. The van der Waals surface area contributed by atoms with Gasteiger partial charge in [-0.05, 0) is 41.2 Å². The van der Waals surface area contributed by atoms with Crippen LogP contribution in [-0.4, -0.2) is 33.4 Å². The number of aliphatic hydroxyl groups excluding tert-OH is 1. The minimum Gasteiger partial charge on any atom is -0.393 e. The van der Waals surface area contributed by atoms with Crippen LogP contribution in [-0.2, 0) is 13.1 Å². The van der Waals surface area contributed by atoms with Crippen LogP contribution < -0.4 is 0 Å². The van der Waals surface area contributed by atoms with Crippen LogP contribution in [0.5, 0.6) is 0 Å². The van der Waals surface area contributed by atoms with E-state index in [4.69, 9.17) is 0 Å². The summed E-state index contributed by atoms with van der Waals surface area (Å²) in [6, 6.07) is 20.9. The van der Waals surface area contributed by atoms with Crippen molar-refractivity contribution in [1.82, 2.24) is 4.90 Å². The van der Waals surface area contributed by atoms with E-state index in [2.05, 4.69) is 67.3 Å². The van der Waals surface area contributed by atoms with E-state index in [9.17, 15) is 10.2 Å². The molecule has 3 saturated carbocycles. The third-order valence-corrected chi connectivity index (χ3v) is 7.31. The van der Waals surface area contributed by atoms with Crippen LogP contribution in [0.2, 0.25) is 0 Å². The number of fused-ring (bicyclic) bond motifs is 2. The molecule has 4 atom stereocenters. The Morgan fingerprint density at radius 3 is 1.85 bits per heavy atom. The number of benzene rings is 2. The highest BCUT2D eigenvalue weighted by Crippen LogP contribution is 2.63. The second-order valence-electron chi connectivity index (χ2n) is 9.08. The van der Waals surface area contributed by atoms with Gasteiger partial charge < -0.3 is 10.2 Å². The van der Waals surface area contributed by atoms with E-state index >= 15 is 0 Å². The summed E-state index contributed by atoms with van der Waals surface area (Å²) in [5.74, 6) is 0.779. The van der Waals surface area contributed by atoms with Crippen molar-refractivity contribution < 1.29 is 10.2 Å². The van der Waals surface area contributed by atoms with Gasteiger partial charge in [0.05, 0.1) is 6.61 Å². The van der Waals surface area contributed by atoms with Crippen LogP contribution in [0, 0.1) is 17.3 Å². The monoisotopic (exact) mass is 365 g/mol. The van der Waals surface area contributed by atoms with Gasteiger partial charge in [0.1, 0.15) is 5.60 Å². The fourth-order valence-electron chi connectivity index (χ4n) is 5.56. The Labute approximate surface area is 162 Å². The second kappa shape index (κ2) is 7.05. The zero-order valence-corrected chi connectivity index (χ0v) is 16.4. The molecule has 2 aromatic carbocycles. The molecule has 2 aromatic rings. The highest BCUT2D eigenvalue weighted by molar-refractivity contribution is 5.21. The number of rotatable bonds is 6. The predicted octanol–water partition coefficient (Wildman–Crippen LogP) is 3.85. The van der Waals surface area contributed by atoms with Crippen molar-refractivity contribution in [3.63, 3.8) is 0 Å². The number of hydrogen-bond donors (Lipinski definition) is 2. The molecule has 0 aromatic heterocycles. The number of aliphatic hydroxyl groups is 2. The summed E-state index contributed by atoms with van der Waals surface area (Å²) >= 11 is 0. The standard InChI is InChI=1S/C24H31NO2/c1-23(2)20-13-21(23)24(27,17-26)22(14-20)25(15-18-9-5-3-6-10-18)16-19-11-7-4-8-12-19/h3-12,20-22,26-27H,13-17H2,1-2H3/t20-,21-,22+,24-/m1/s1. The first-order valence-corrected chi connectivity index (χ1v) is 10.1. The SMILES string of the molecule is CC1(C)[C@H]2C[C@H](N(Cc3ccccc3)Cc3ccccc3)[C@@](O)(CO)[C@@H]1C2. The Morgan fingerprint density at radius 2 is 1.41 bits per heavy atom. The maximum Gasteiger partial charge on any atom is 0.106 e. The van der Waals surface area contributed by atoms with Crippen molar-refractivity contribution in [2.45, 2.75) is 51.4 Å². The molecule has 3 aliphatic rings. The molecule has 27 heavy (non-hydrogen) atoms. The second-order valence-corrected chi connectivity index (χ2v) is 9.08. The molecule has 5 rings (SSSR count). The highest BCUT2D eigenvalue weighted by Gasteiger charge is 2.65. The van der Waals surface area contributed by atoms with E-state index in [1.165, 1.54) is 11.1 Å². The van der Waals surface area contributed by atoms with Gasteiger partial charge in [-0.2, -0.15) is 0 Å². The Hall–Kier alpha value is -1.68. The zero-order valence-electron chi connectivity index (χ0n) is 16.4. The molecule has 0 radical (unpaired) electrons. The van der Waals surface area contributed by atoms with Crippen LogP contribution >= 0.6 is 0 Å². The molecule has 3 heteroatoms. The lowest BCUT2D eigenvalue weighted by Gasteiger charge is -2.67. The maximum atomic E-state index is 11.6. The molecule has 0 aliphatic heterocycles. The van der Waals surface area contributed by atoms with Crippen LogP contribution in [0.3, 0.4) is 0 Å². The topological polar surface area (TPSA) is 43.7 Å². The maximum absolute atomic E-state index is 11.6. The quantitative estimate of drug-likeness (QED) is 0.817. The molecule has 3 aliphatic carbocycles. The molecule has 0 spiro atoms. The summed E-state index contributed by atoms with van der Waals surface area (Å²) in [6.45, 7) is 5.90. The summed E-state index contributed by atoms with van der Waals surface area (Å²) in [5, 5.41) is 21.9. The summed E-state index contributed by atoms with van der Waals surface area (Å²) < 4.78 is 0. The average molecular weight is 366 g/mol. The Balaban J connectivity index is 1.65. The summed E-state index contributed by atoms with van der Waals surface area (Å²) in [4.78, 5) is 2.38. The van der Waals surface area contributed by atoms with Crippen LogP contribution in [0.4, 0.5) is 0 Å². The minimum absolute atomic E-state index is 0.0281. The minimum atomic E-state index is -1.04. The highest BCUT2D eigenvalue weighted by atomic mass is 16.3. The first kappa shape index (κ1) is 18.7. The fraction of sp³-hybridized carbons (Fsp3) is 0.500. The van der Waals surface area contributed by atoms with E-state index in [1.807, 2.05) is 12.1 Å². The summed E-state index contributed by atoms with van der Waals surface area (Å²) in [7, 11) is 0. The van der Waals surface area contributed by atoms with E-state index in [1.54, 1.807) is 0 Å². The Bertz CT molecular complexity index is 719. The molecule has 2 N–H and O–H groups in total. The largest absolute Gasteiger partial charge is 0.393 e. The van der Waals surface area contributed by atoms with E-state index in [0.29, 0.717) is 5.92 Å². The van der Waals surface area contributed by atoms with Gasteiger partial charge in [0, 0.05) is 19.1 Å². The first-order valence-electron chi connectivity index (χ1n) is 10.1.